The van der Waals surface area contributed by atoms with E-state index in [4.69, 9.17) is 13.9 Å². The summed E-state index contributed by atoms with van der Waals surface area (Å²) in [6.45, 7) is 7.59. The van der Waals surface area contributed by atoms with E-state index in [1.54, 1.807) is 24.5 Å². The molecule has 4 rings (SSSR count). The Hall–Kier alpha value is -3.59. The minimum absolute atomic E-state index is 0.0899. The van der Waals surface area contributed by atoms with Gasteiger partial charge in [-0.1, -0.05) is 29.5 Å². The number of furan rings is 1. The predicted molar refractivity (Wildman–Crippen MR) is 136 cm³/mol. The number of hydrogen-bond acceptors (Lipinski definition) is 8. The van der Waals surface area contributed by atoms with Crippen LogP contribution in [0.15, 0.2) is 61.9 Å². The van der Waals surface area contributed by atoms with Crippen LogP contribution in [0.25, 0.3) is 6.08 Å². The predicted octanol–water partition coefficient (Wildman–Crippen LogP) is 3.24. The maximum atomic E-state index is 13.7. The van der Waals surface area contributed by atoms with Gasteiger partial charge in [0, 0.05) is 31.8 Å². The number of benzene rings is 1. The molecule has 0 bridgehead atoms. The second-order valence-corrected chi connectivity index (χ2v) is 9.59. The Labute approximate surface area is 207 Å². The maximum Gasteiger partial charge on any atom is 0.338 e. The highest BCUT2D eigenvalue weighted by Gasteiger charge is 2.35. The summed E-state index contributed by atoms with van der Waals surface area (Å²) in [5, 5.41) is 0. The van der Waals surface area contributed by atoms with Gasteiger partial charge in [0.05, 0.1) is 28.5 Å². The van der Waals surface area contributed by atoms with Gasteiger partial charge in [0.2, 0.25) is 0 Å². The maximum absolute atomic E-state index is 13.7. The van der Waals surface area contributed by atoms with Crippen molar-refractivity contribution in [2.75, 3.05) is 25.6 Å². The average molecular weight is 496 g/mol. The molecule has 35 heavy (non-hydrogen) atoms. The van der Waals surface area contributed by atoms with Crippen molar-refractivity contribution in [1.82, 2.24) is 4.57 Å². The second-order valence-electron chi connectivity index (χ2n) is 8.58. The number of esters is 1. The van der Waals surface area contributed by atoms with Crippen LogP contribution in [0.5, 0.6) is 5.75 Å². The zero-order valence-electron chi connectivity index (χ0n) is 20.7. The third kappa shape index (κ3) is 4.81. The molecule has 0 unspecified atom stereocenters. The van der Waals surface area contributed by atoms with Gasteiger partial charge in [0.25, 0.3) is 5.56 Å². The number of rotatable bonds is 7. The van der Waals surface area contributed by atoms with Gasteiger partial charge >= 0.3 is 5.97 Å². The zero-order valence-corrected chi connectivity index (χ0v) is 21.5. The van der Waals surface area contributed by atoms with Crippen LogP contribution in [0.4, 0.5) is 5.88 Å². The number of allylic oxidation sites excluding steroid dienone is 1. The van der Waals surface area contributed by atoms with Gasteiger partial charge in [-0.05, 0) is 39.8 Å². The van der Waals surface area contributed by atoms with Crippen LogP contribution in [0.3, 0.4) is 0 Å². The van der Waals surface area contributed by atoms with Crippen molar-refractivity contribution in [2.24, 2.45) is 4.99 Å². The first-order chi connectivity index (χ1) is 16.7. The fraction of sp³-hybridized carbons (Fsp3) is 0.346. The van der Waals surface area contributed by atoms with Crippen LogP contribution >= 0.6 is 11.3 Å². The molecule has 1 aromatic carbocycles. The molecule has 1 atom stereocenters. The Morgan fingerprint density at radius 1 is 1.26 bits per heavy atom. The van der Waals surface area contributed by atoms with E-state index in [9.17, 15) is 9.59 Å². The van der Waals surface area contributed by atoms with Crippen molar-refractivity contribution in [3.05, 3.63) is 78.7 Å². The van der Waals surface area contributed by atoms with Gasteiger partial charge in [0.15, 0.2) is 10.7 Å². The molecule has 0 aliphatic carbocycles. The number of anilines is 1. The summed E-state index contributed by atoms with van der Waals surface area (Å²) in [5.41, 5.74) is 1.25. The number of thiazole rings is 1. The van der Waals surface area contributed by atoms with Crippen molar-refractivity contribution in [2.45, 2.75) is 39.8 Å². The van der Waals surface area contributed by atoms with E-state index in [1.807, 2.05) is 69.2 Å². The number of fused-ring (bicyclic) bond motifs is 1. The largest absolute Gasteiger partial charge is 0.491 e. The monoisotopic (exact) mass is 495 g/mol. The summed E-state index contributed by atoms with van der Waals surface area (Å²) in [4.78, 5) is 33.8. The average Bonchev–Trinajstić information content (AvgIpc) is 3.38. The van der Waals surface area contributed by atoms with E-state index >= 15 is 0 Å². The lowest BCUT2D eigenvalue weighted by molar-refractivity contribution is -0.139. The first kappa shape index (κ1) is 24.5. The highest BCUT2D eigenvalue weighted by atomic mass is 32.1. The fourth-order valence-corrected chi connectivity index (χ4v) is 4.97. The van der Waals surface area contributed by atoms with Gasteiger partial charge in [0.1, 0.15) is 17.6 Å². The molecule has 3 heterocycles. The summed E-state index contributed by atoms with van der Waals surface area (Å²) in [6.07, 6.45) is 1.61. The van der Waals surface area contributed by atoms with Crippen LogP contribution in [-0.4, -0.2) is 37.3 Å². The van der Waals surface area contributed by atoms with Crippen molar-refractivity contribution < 1.29 is 18.7 Å². The zero-order chi connectivity index (χ0) is 25.3. The molecule has 3 aromatic rings. The topological polar surface area (TPSA) is 86.3 Å². The molecule has 8 nitrogen and oxygen atoms in total. The van der Waals surface area contributed by atoms with Crippen LogP contribution in [0.2, 0.25) is 0 Å². The summed E-state index contributed by atoms with van der Waals surface area (Å²) < 4.78 is 19.2. The molecule has 0 radical (unpaired) electrons. The van der Waals surface area contributed by atoms with E-state index in [1.165, 1.54) is 11.3 Å². The number of carbonyl (C=O) groups excluding carboxylic acids is 1. The highest BCUT2D eigenvalue weighted by molar-refractivity contribution is 7.07. The van der Waals surface area contributed by atoms with Crippen LogP contribution in [0, 0.1) is 0 Å². The lowest BCUT2D eigenvalue weighted by Gasteiger charge is -2.26. The van der Waals surface area contributed by atoms with Gasteiger partial charge in [-0.25, -0.2) is 9.79 Å². The van der Waals surface area contributed by atoms with Crippen molar-refractivity contribution >= 4 is 29.3 Å². The molecule has 1 aliphatic rings. The molecule has 0 amide bonds. The Balaban J connectivity index is 1.95. The van der Waals surface area contributed by atoms with Crippen molar-refractivity contribution in [3.63, 3.8) is 0 Å². The lowest BCUT2D eigenvalue weighted by atomic mass is 9.95. The minimum atomic E-state index is -0.740. The number of nitrogens with zero attached hydrogens (tertiary/aromatic N) is 3. The summed E-state index contributed by atoms with van der Waals surface area (Å²) in [7, 11) is 3.76. The molecule has 0 saturated carbocycles. The van der Waals surface area contributed by atoms with E-state index < -0.39 is 12.0 Å². The van der Waals surface area contributed by atoms with E-state index in [2.05, 4.69) is 4.99 Å². The number of carbonyl (C=O) groups is 1. The van der Waals surface area contributed by atoms with Gasteiger partial charge in [-0.3, -0.25) is 9.36 Å². The summed E-state index contributed by atoms with van der Waals surface area (Å²) in [5.74, 6) is 1.33. The Morgan fingerprint density at radius 3 is 2.66 bits per heavy atom. The van der Waals surface area contributed by atoms with Gasteiger partial charge in [-0.2, -0.15) is 0 Å². The number of aromatic nitrogens is 1. The third-order valence-corrected chi connectivity index (χ3v) is 6.40. The third-order valence-electron chi connectivity index (χ3n) is 5.42. The van der Waals surface area contributed by atoms with E-state index in [0.717, 1.165) is 0 Å². The number of ether oxygens (including phenoxy) is 2. The molecule has 184 valence electrons. The molecule has 2 aromatic heterocycles. The molecule has 0 spiro atoms. The fourth-order valence-electron chi connectivity index (χ4n) is 3.94. The molecule has 9 heteroatoms. The second kappa shape index (κ2) is 9.95. The first-order valence-electron chi connectivity index (χ1n) is 11.4. The Kier molecular flexibility index (Phi) is 6.98. The summed E-state index contributed by atoms with van der Waals surface area (Å²) in [6, 6.07) is 10.4. The smallest absolute Gasteiger partial charge is 0.338 e. The van der Waals surface area contributed by atoms with Gasteiger partial charge < -0.3 is 18.8 Å². The quantitative estimate of drug-likeness (QED) is 0.468. The van der Waals surface area contributed by atoms with Crippen LogP contribution in [-0.2, 0) is 9.53 Å². The van der Waals surface area contributed by atoms with E-state index in [-0.39, 0.29) is 18.3 Å². The Morgan fingerprint density at radius 2 is 2.00 bits per heavy atom. The molecular formula is C26H29N3O5S. The molecule has 0 fully saturated rings. The number of hydrogen-bond donors (Lipinski definition) is 0. The van der Waals surface area contributed by atoms with Crippen molar-refractivity contribution in [1.29, 1.82) is 0 Å². The van der Waals surface area contributed by atoms with Crippen LogP contribution in [0.1, 0.15) is 45.1 Å². The molecular weight excluding hydrogens is 466 g/mol. The lowest BCUT2D eigenvalue weighted by Crippen LogP contribution is -2.40. The SMILES string of the molecule is CCOC(=O)C1=C(C)N=c2s/c(=C/c3ccc(N(C)C)o3)c(=O)n2[C@@H]1c1ccccc1OC(C)C. The Bertz CT molecular complexity index is 1460. The normalized spacial score (nSPS) is 15.7. The first-order valence-corrected chi connectivity index (χ1v) is 12.2. The van der Waals surface area contributed by atoms with Crippen molar-refractivity contribution in [3.8, 4) is 5.75 Å². The van der Waals surface area contributed by atoms with Crippen LogP contribution < -0.4 is 24.5 Å². The number of para-hydroxylation sites is 1. The standard InChI is InChI=1S/C26H29N3O5S/c1-7-32-25(31)22-16(4)27-26-29(23(22)18-10-8-9-11-19(18)33-15(2)3)24(30)20(35-26)14-17-12-13-21(34-17)28(5)6/h8-15,23H,7H2,1-6H3/b20-14+/t23-/m1/s1. The molecule has 0 N–H and O–H groups in total. The molecule has 1 aliphatic heterocycles. The van der Waals surface area contributed by atoms with Gasteiger partial charge in [-0.15, -0.1) is 0 Å². The highest BCUT2D eigenvalue weighted by Crippen LogP contribution is 2.36. The molecule has 0 saturated heterocycles. The van der Waals surface area contributed by atoms with E-state index in [0.29, 0.717) is 43.6 Å². The summed E-state index contributed by atoms with van der Waals surface area (Å²) >= 11 is 1.25. The minimum Gasteiger partial charge on any atom is -0.491 e.